The zero-order chi connectivity index (χ0) is 18.9. The fourth-order valence-electron chi connectivity index (χ4n) is 4.19. The summed E-state index contributed by atoms with van der Waals surface area (Å²) in [6.07, 6.45) is 4.21. The molecular formula is C19H28N2O4S. The number of rotatable bonds is 4. The highest BCUT2D eigenvalue weighted by Crippen LogP contribution is 2.34. The molecule has 2 aliphatic rings. The van der Waals surface area contributed by atoms with E-state index in [0.29, 0.717) is 30.6 Å². The predicted molar refractivity (Wildman–Crippen MR) is 101 cm³/mol. The number of nitrogens with zero attached hydrogens (tertiary/aromatic N) is 2. The first kappa shape index (κ1) is 19.2. The van der Waals surface area contributed by atoms with Crippen molar-refractivity contribution < 1.29 is 18.3 Å². The van der Waals surface area contributed by atoms with Crippen molar-refractivity contribution in [1.82, 2.24) is 4.31 Å². The van der Waals surface area contributed by atoms with E-state index in [1.54, 1.807) is 10.4 Å². The molecule has 1 aromatic carbocycles. The quantitative estimate of drug-likeness (QED) is 0.869. The Kier molecular flexibility index (Phi) is 5.58. The lowest BCUT2D eigenvalue weighted by Crippen LogP contribution is -2.43. The molecule has 0 spiro atoms. The zero-order valence-corrected chi connectivity index (χ0v) is 16.3. The average Bonchev–Trinajstić information content (AvgIpc) is 2.61. The molecule has 1 aromatic rings. The van der Waals surface area contributed by atoms with Crippen molar-refractivity contribution in [3.05, 3.63) is 23.8 Å². The number of hydrogen-bond donors (Lipinski definition) is 1. The van der Waals surface area contributed by atoms with E-state index in [1.165, 1.54) is 12.1 Å². The minimum absolute atomic E-state index is 0.0161. The molecule has 7 heteroatoms. The van der Waals surface area contributed by atoms with Crippen LogP contribution in [0.15, 0.2) is 23.1 Å². The highest BCUT2D eigenvalue weighted by Gasteiger charge is 2.34. The van der Waals surface area contributed by atoms with Crippen LogP contribution in [0.5, 0.6) is 0 Å². The van der Waals surface area contributed by atoms with Crippen molar-refractivity contribution in [3.63, 3.8) is 0 Å². The summed E-state index contributed by atoms with van der Waals surface area (Å²) in [4.78, 5) is 13.6. The Labute approximate surface area is 155 Å². The second-order valence-corrected chi connectivity index (χ2v) is 9.71. The van der Waals surface area contributed by atoms with Gasteiger partial charge in [0.2, 0.25) is 10.0 Å². The van der Waals surface area contributed by atoms with Crippen molar-refractivity contribution >= 4 is 21.7 Å². The number of carboxylic acid groups (broad SMARTS) is 1. The smallest absolute Gasteiger partial charge is 0.335 e. The SMILES string of the molecule is CC1CC(C)CN(S(=O)(=O)c2cc(C(=O)O)ccc2N2CCCCC2)C1. The second kappa shape index (κ2) is 7.56. The minimum atomic E-state index is -3.74. The van der Waals surface area contributed by atoms with E-state index >= 15 is 0 Å². The molecule has 0 bridgehead atoms. The van der Waals surface area contributed by atoms with Gasteiger partial charge >= 0.3 is 5.97 Å². The van der Waals surface area contributed by atoms with Gasteiger partial charge < -0.3 is 10.0 Å². The Bertz CT molecular complexity index is 762. The maximum atomic E-state index is 13.4. The summed E-state index contributed by atoms with van der Waals surface area (Å²) in [5, 5.41) is 9.35. The summed E-state index contributed by atoms with van der Waals surface area (Å²) < 4.78 is 28.4. The van der Waals surface area contributed by atoms with E-state index in [0.717, 1.165) is 38.8 Å². The molecule has 2 aliphatic heterocycles. The maximum Gasteiger partial charge on any atom is 0.335 e. The Morgan fingerprint density at radius 3 is 2.27 bits per heavy atom. The van der Waals surface area contributed by atoms with E-state index in [9.17, 15) is 18.3 Å². The minimum Gasteiger partial charge on any atom is -0.478 e. The third kappa shape index (κ3) is 3.88. The van der Waals surface area contributed by atoms with Gasteiger partial charge in [0.05, 0.1) is 11.3 Å². The molecule has 6 nitrogen and oxygen atoms in total. The molecular weight excluding hydrogens is 352 g/mol. The van der Waals surface area contributed by atoms with E-state index < -0.39 is 16.0 Å². The van der Waals surface area contributed by atoms with Crippen LogP contribution in [0.4, 0.5) is 5.69 Å². The van der Waals surface area contributed by atoms with Crippen LogP contribution in [0.1, 0.15) is 49.9 Å². The van der Waals surface area contributed by atoms with Crippen molar-refractivity contribution in [2.75, 3.05) is 31.1 Å². The van der Waals surface area contributed by atoms with Gasteiger partial charge in [-0.3, -0.25) is 0 Å². The lowest BCUT2D eigenvalue weighted by molar-refractivity contribution is 0.0696. The molecule has 144 valence electrons. The molecule has 3 rings (SSSR count). The highest BCUT2D eigenvalue weighted by atomic mass is 32.2. The summed E-state index contributed by atoms with van der Waals surface area (Å²) in [6, 6.07) is 4.51. The predicted octanol–water partition coefficient (Wildman–Crippen LogP) is 3.04. The summed E-state index contributed by atoms with van der Waals surface area (Å²) in [5.74, 6) is -0.503. The first-order valence-electron chi connectivity index (χ1n) is 9.41. The van der Waals surface area contributed by atoms with E-state index in [2.05, 4.69) is 18.7 Å². The number of piperidine rings is 2. The molecule has 2 saturated heterocycles. The van der Waals surface area contributed by atoms with Crippen LogP contribution in [0, 0.1) is 11.8 Å². The van der Waals surface area contributed by atoms with Gasteiger partial charge in [-0.2, -0.15) is 4.31 Å². The number of carbonyl (C=O) groups is 1. The lowest BCUT2D eigenvalue weighted by atomic mass is 9.94. The molecule has 26 heavy (non-hydrogen) atoms. The van der Waals surface area contributed by atoms with Gasteiger partial charge in [0, 0.05) is 26.2 Å². The number of benzene rings is 1. The van der Waals surface area contributed by atoms with Gasteiger partial charge in [0.25, 0.3) is 0 Å². The number of carboxylic acids is 1. The third-order valence-corrected chi connectivity index (χ3v) is 7.22. The normalized spacial score (nSPS) is 25.2. The van der Waals surface area contributed by atoms with Crippen molar-refractivity contribution in [2.45, 2.75) is 44.4 Å². The fourth-order valence-corrected chi connectivity index (χ4v) is 6.11. The number of hydrogen-bond acceptors (Lipinski definition) is 4. The number of anilines is 1. The van der Waals surface area contributed by atoms with Crippen LogP contribution in [-0.4, -0.2) is 50.0 Å². The van der Waals surface area contributed by atoms with Gasteiger partial charge in [-0.05, 0) is 55.7 Å². The van der Waals surface area contributed by atoms with Crippen LogP contribution < -0.4 is 4.90 Å². The Hall–Kier alpha value is -1.60. The average molecular weight is 381 g/mol. The second-order valence-electron chi connectivity index (χ2n) is 7.80. The molecule has 2 heterocycles. The van der Waals surface area contributed by atoms with E-state index in [-0.39, 0.29) is 10.5 Å². The molecule has 0 aromatic heterocycles. The summed E-state index contributed by atoms with van der Waals surface area (Å²) in [7, 11) is -3.74. The first-order valence-corrected chi connectivity index (χ1v) is 10.9. The van der Waals surface area contributed by atoms with Crippen LogP contribution in [0.2, 0.25) is 0 Å². The maximum absolute atomic E-state index is 13.4. The van der Waals surface area contributed by atoms with Crippen LogP contribution in [-0.2, 0) is 10.0 Å². The molecule has 1 N–H and O–H groups in total. The zero-order valence-electron chi connectivity index (χ0n) is 15.5. The standard InChI is InChI=1S/C19H28N2O4S/c1-14-10-15(2)13-21(12-14)26(24,25)18-11-16(19(22)23)6-7-17(18)20-8-4-3-5-9-20/h6-7,11,14-15H,3-5,8-10,12-13H2,1-2H3,(H,22,23). The van der Waals surface area contributed by atoms with Crippen molar-refractivity contribution in [2.24, 2.45) is 11.8 Å². The van der Waals surface area contributed by atoms with Crippen LogP contribution >= 0.6 is 0 Å². The van der Waals surface area contributed by atoms with Gasteiger partial charge in [0.1, 0.15) is 4.90 Å². The number of aromatic carboxylic acids is 1. The molecule has 0 radical (unpaired) electrons. The third-order valence-electron chi connectivity index (χ3n) is 5.36. The molecule has 0 saturated carbocycles. The lowest BCUT2D eigenvalue weighted by Gasteiger charge is -2.36. The fraction of sp³-hybridized carbons (Fsp3) is 0.632. The number of sulfonamides is 1. The van der Waals surface area contributed by atoms with Gasteiger partial charge in [0.15, 0.2) is 0 Å². The largest absolute Gasteiger partial charge is 0.478 e. The summed E-state index contributed by atoms with van der Waals surface area (Å²) in [5.41, 5.74) is 0.656. The van der Waals surface area contributed by atoms with Crippen molar-refractivity contribution in [3.8, 4) is 0 Å². The van der Waals surface area contributed by atoms with Crippen LogP contribution in [0.25, 0.3) is 0 Å². The molecule has 0 amide bonds. The Balaban J connectivity index is 2.04. The van der Waals surface area contributed by atoms with E-state index in [4.69, 9.17) is 0 Å². The van der Waals surface area contributed by atoms with Crippen molar-refractivity contribution in [1.29, 1.82) is 0 Å². The topological polar surface area (TPSA) is 77.9 Å². The molecule has 2 unspecified atom stereocenters. The molecule has 0 aliphatic carbocycles. The van der Waals surface area contributed by atoms with E-state index in [1.807, 2.05) is 0 Å². The van der Waals surface area contributed by atoms with Crippen LogP contribution in [0.3, 0.4) is 0 Å². The highest BCUT2D eigenvalue weighted by molar-refractivity contribution is 7.89. The Morgan fingerprint density at radius 2 is 1.69 bits per heavy atom. The van der Waals surface area contributed by atoms with Gasteiger partial charge in [-0.15, -0.1) is 0 Å². The molecule has 2 fully saturated rings. The van der Waals surface area contributed by atoms with Gasteiger partial charge in [-0.1, -0.05) is 13.8 Å². The summed E-state index contributed by atoms with van der Waals surface area (Å²) >= 11 is 0. The molecule has 2 atom stereocenters. The first-order chi connectivity index (χ1) is 12.3. The Morgan fingerprint density at radius 1 is 1.08 bits per heavy atom. The summed E-state index contributed by atoms with van der Waals surface area (Å²) in [6.45, 7) is 6.73. The monoisotopic (exact) mass is 380 g/mol. The van der Waals surface area contributed by atoms with Gasteiger partial charge in [-0.25, -0.2) is 13.2 Å².